The Morgan fingerprint density at radius 2 is 1.84 bits per heavy atom. The molecule has 1 fully saturated rings. The van der Waals surface area contributed by atoms with E-state index < -0.39 is 17.7 Å². The molecule has 2 rings (SSSR count). The van der Waals surface area contributed by atoms with Crippen LogP contribution in [0.1, 0.15) is 56.8 Å². The molecule has 1 amide bonds. The number of ether oxygens (including phenoxy) is 1. The van der Waals surface area contributed by atoms with Crippen molar-refractivity contribution >= 4 is 29.4 Å². The second-order valence-electron chi connectivity index (χ2n) is 7.20. The smallest absolute Gasteiger partial charge is 0.407 e. The molecule has 1 heterocycles. The number of carbonyl (C=O) groups is 2. The predicted octanol–water partition coefficient (Wildman–Crippen LogP) is 3.68. The van der Waals surface area contributed by atoms with Gasteiger partial charge in [0.25, 0.3) is 0 Å². The quantitative estimate of drug-likeness (QED) is 0.700. The Kier molecular flexibility index (Phi) is 6.11. The Morgan fingerprint density at radius 1 is 1.24 bits per heavy atom. The van der Waals surface area contributed by atoms with Crippen LogP contribution in [0, 0.1) is 0 Å². The highest BCUT2D eigenvalue weighted by molar-refractivity contribution is 6.29. The van der Waals surface area contributed by atoms with E-state index in [2.05, 4.69) is 15.6 Å². The van der Waals surface area contributed by atoms with Gasteiger partial charge in [-0.05, 0) is 52.5 Å². The lowest BCUT2D eigenvalue weighted by Crippen LogP contribution is -2.42. The Hall–Kier alpha value is -2.02. The summed E-state index contributed by atoms with van der Waals surface area (Å²) in [6.45, 7) is 5.48. The van der Waals surface area contributed by atoms with Gasteiger partial charge in [0.05, 0.1) is 5.69 Å². The van der Waals surface area contributed by atoms with Crippen LogP contribution in [0.15, 0.2) is 12.3 Å². The van der Waals surface area contributed by atoms with Crippen LogP contribution in [0.25, 0.3) is 0 Å². The lowest BCUT2D eigenvalue weighted by molar-refractivity contribution is 0.0491. The van der Waals surface area contributed by atoms with Gasteiger partial charge in [-0.2, -0.15) is 0 Å². The summed E-state index contributed by atoms with van der Waals surface area (Å²) < 4.78 is 5.27. The molecule has 0 spiro atoms. The summed E-state index contributed by atoms with van der Waals surface area (Å²) in [7, 11) is 0. The third kappa shape index (κ3) is 6.08. The molecule has 8 heteroatoms. The summed E-state index contributed by atoms with van der Waals surface area (Å²) in [5.41, 5.74) is 0.0471. The number of carboxylic acids is 1. The standard InChI is InChI=1S/C17H24ClN3O4/c1-17(2,3)25-16(24)21-11-6-4-10(5-7-11)20-13-8-14(18)19-9-12(13)15(22)23/h8-11H,4-7H2,1-3H3,(H,19,20)(H,21,24)(H,22,23). The number of nitrogens with zero attached hydrogens (tertiary/aromatic N) is 1. The highest BCUT2D eigenvalue weighted by Crippen LogP contribution is 2.26. The van der Waals surface area contributed by atoms with Crippen LogP contribution in [0.5, 0.6) is 0 Å². The van der Waals surface area contributed by atoms with E-state index in [1.54, 1.807) is 0 Å². The van der Waals surface area contributed by atoms with Crippen molar-refractivity contribution in [1.29, 1.82) is 0 Å². The molecular weight excluding hydrogens is 346 g/mol. The molecule has 0 radical (unpaired) electrons. The SMILES string of the molecule is CC(C)(C)OC(=O)NC1CCC(Nc2cc(Cl)ncc2C(=O)O)CC1. The fourth-order valence-corrected chi connectivity index (χ4v) is 2.95. The van der Waals surface area contributed by atoms with Crippen LogP contribution in [0.3, 0.4) is 0 Å². The van der Waals surface area contributed by atoms with Crippen LogP contribution >= 0.6 is 11.6 Å². The fourth-order valence-electron chi connectivity index (χ4n) is 2.80. The molecule has 1 aliphatic carbocycles. The number of hydrogen-bond donors (Lipinski definition) is 3. The molecule has 7 nitrogen and oxygen atoms in total. The first kappa shape index (κ1) is 19.3. The maximum atomic E-state index is 11.8. The van der Waals surface area contributed by atoms with Crippen molar-refractivity contribution in [2.75, 3.05) is 5.32 Å². The second kappa shape index (κ2) is 7.91. The minimum atomic E-state index is -1.05. The van der Waals surface area contributed by atoms with Crippen molar-refractivity contribution in [3.8, 4) is 0 Å². The molecule has 0 aromatic carbocycles. The molecule has 1 aromatic heterocycles. The van der Waals surface area contributed by atoms with E-state index in [0.29, 0.717) is 5.69 Å². The monoisotopic (exact) mass is 369 g/mol. The largest absolute Gasteiger partial charge is 0.478 e. The van der Waals surface area contributed by atoms with Crippen LogP contribution in [-0.2, 0) is 4.74 Å². The van der Waals surface area contributed by atoms with E-state index in [0.717, 1.165) is 25.7 Å². The minimum absolute atomic E-state index is 0.0628. The predicted molar refractivity (Wildman–Crippen MR) is 95.2 cm³/mol. The molecule has 0 bridgehead atoms. The third-order valence-electron chi connectivity index (χ3n) is 3.91. The first-order chi connectivity index (χ1) is 11.6. The number of carbonyl (C=O) groups excluding carboxylic acids is 1. The molecule has 3 N–H and O–H groups in total. The Bertz CT molecular complexity index is 637. The fraction of sp³-hybridized carbons (Fsp3) is 0.588. The molecular formula is C17H24ClN3O4. The number of halogens is 1. The molecule has 0 unspecified atom stereocenters. The lowest BCUT2D eigenvalue weighted by Gasteiger charge is -2.31. The van der Waals surface area contributed by atoms with E-state index in [1.165, 1.54) is 12.3 Å². The van der Waals surface area contributed by atoms with Crippen LogP contribution in [-0.4, -0.2) is 39.8 Å². The number of anilines is 1. The summed E-state index contributed by atoms with van der Waals surface area (Å²) in [5, 5.41) is 15.6. The number of aromatic carboxylic acids is 1. The number of hydrogen-bond acceptors (Lipinski definition) is 5. The average molecular weight is 370 g/mol. The summed E-state index contributed by atoms with van der Waals surface area (Å²) >= 11 is 5.87. The summed E-state index contributed by atoms with van der Waals surface area (Å²) in [4.78, 5) is 26.9. The highest BCUT2D eigenvalue weighted by atomic mass is 35.5. The molecule has 138 valence electrons. The van der Waals surface area contributed by atoms with Crippen LogP contribution in [0.2, 0.25) is 5.15 Å². The molecule has 1 aromatic rings. The minimum Gasteiger partial charge on any atom is -0.478 e. The van der Waals surface area contributed by atoms with Crippen LogP contribution in [0.4, 0.5) is 10.5 Å². The molecule has 0 aliphatic heterocycles. The van der Waals surface area contributed by atoms with E-state index in [4.69, 9.17) is 16.3 Å². The molecule has 1 saturated carbocycles. The number of rotatable bonds is 4. The van der Waals surface area contributed by atoms with Gasteiger partial charge in [-0.25, -0.2) is 14.6 Å². The van der Waals surface area contributed by atoms with Gasteiger partial charge in [-0.15, -0.1) is 0 Å². The third-order valence-corrected chi connectivity index (χ3v) is 4.12. The van der Waals surface area contributed by atoms with Gasteiger partial charge in [0.2, 0.25) is 0 Å². The summed E-state index contributed by atoms with van der Waals surface area (Å²) in [5.74, 6) is -1.05. The number of aromatic nitrogens is 1. The van der Waals surface area contributed by atoms with E-state index >= 15 is 0 Å². The van der Waals surface area contributed by atoms with Gasteiger partial charge in [-0.1, -0.05) is 11.6 Å². The maximum Gasteiger partial charge on any atom is 0.407 e. The Morgan fingerprint density at radius 3 is 2.40 bits per heavy atom. The zero-order chi connectivity index (χ0) is 18.6. The number of pyridine rings is 1. The Balaban J connectivity index is 1.88. The van der Waals surface area contributed by atoms with E-state index in [1.807, 2.05) is 20.8 Å². The molecule has 0 saturated heterocycles. The summed E-state index contributed by atoms with van der Waals surface area (Å²) in [6, 6.07) is 1.71. The van der Waals surface area contributed by atoms with E-state index in [9.17, 15) is 14.7 Å². The van der Waals surface area contributed by atoms with Gasteiger partial charge in [-0.3, -0.25) is 0 Å². The number of carboxylic acid groups (broad SMARTS) is 1. The number of nitrogens with one attached hydrogen (secondary N) is 2. The molecule has 1 aliphatic rings. The van der Waals surface area contributed by atoms with Gasteiger partial charge in [0.1, 0.15) is 16.3 Å². The van der Waals surface area contributed by atoms with Crippen molar-refractivity contribution in [3.05, 3.63) is 23.0 Å². The molecule has 25 heavy (non-hydrogen) atoms. The van der Waals surface area contributed by atoms with Crippen molar-refractivity contribution in [1.82, 2.24) is 10.3 Å². The maximum absolute atomic E-state index is 11.8. The summed E-state index contributed by atoms with van der Waals surface area (Å²) in [6.07, 6.45) is 4.04. The van der Waals surface area contributed by atoms with Gasteiger partial charge >= 0.3 is 12.1 Å². The topological polar surface area (TPSA) is 101 Å². The van der Waals surface area contributed by atoms with E-state index in [-0.39, 0.29) is 22.8 Å². The zero-order valence-electron chi connectivity index (χ0n) is 14.6. The second-order valence-corrected chi connectivity index (χ2v) is 7.58. The number of alkyl carbamates (subject to hydrolysis) is 1. The number of amides is 1. The van der Waals surface area contributed by atoms with Gasteiger partial charge in [0.15, 0.2) is 0 Å². The lowest BCUT2D eigenvalue weighted by atomic mass is 9.91. The van der Waals surface area contributed by atoms with Crippen molar-refractivity contribution in [3.63, 3.8) is 0 Å². The van der Waals surface area contributed by atoms with Crippen molar-refractivity contribution in [2.45, 2.75) is 64.1 Å². The van der Waals surface area contributed by atoms with Gasteiger partial charge < -0.3 is 20.5 Å². The average Bonchev–Trinajstić information content (AvgIpc) is 2.47. The van der Waals surface area contributed by atoms with Crippen molar-refractivity contribution < 1.29 is 19.4 Å². The Labute approximate surface area is 152 Å². The molecule has 0 atom stereocenters. The van der Waals surface area contributed by atoms with Crippen LogP contribution < -0.4 is 10.6 Å². The van der Waals surface area contributed by atoms with Gasteiger partial charge in [0, 0.05) is 18.3 Å². The first-order valence-electron chi connectivity index (χ1n) is 8.29. The first-order valence-corrected chi connectivity index (χ1v) is 8.67. The van der Waals surface area contributed by atoms with Crippen molar-refractivity contribution in [2.24, 2.45) is 0 Å². The zero-order valence-corrected chi connectivity index (χ0v) is 15.4. The normalized spacial score (nSPS) is 20.6. The highest BCUT2D eigenvalue weighted by Gasteiger charge is 2.25.